The van der Waals surface area contributed by atoms with Gasteiger partial charge in [-0.05, 0) is 30.5 Å². The van der Waals surface area contributed by atoms with Crippen molar-refractivity contribution >= 4 is 15.9 Å². The highest BCUT2D eigenvalue weighted by Crippen LogP contribution is 2.29. The van der Waals surface area contributed by atoms with E-state index in [1.165, 1.54) is 11.1 Å². The summed E-state index contributed by atoms with van der Waals surface area (Å²) in [5, 5.41) is 9.40. The molecule has 0 amide bonds. The molecule has 0 fully saturated rings. The number of rotatable bonds is 3. The number of aliphatic hydroxyl groups excluding tert-OH is 1. The average molecular weight is 272 g/mol. The molecular weight excluding hydrogens is 254 g/mol. The second-order valence-electron chi connectivity index (χ2n) is 4.35. The fourth-order valence-corrected chi connectivity index (χ4v) is 1.80. The van der Waals surface area contributed by atoms with E-state index in [2.05, 4.69) is 41.9 Å². The van der Waals surface area contributed by atoms with Crippen molar-refractivity contribution < 1.29 is 5.11 Å². The molecule has 1 aromatic carbocycles. The molecule has 3 heteroatoms. The van der Waals surface area contributed by atoms with Gasteiger partial charge in [0.05, 0.1) is 6.61 Å². The lowest BCUT2D eigenvalue weighted by atomic mass is 9.82. The zero-order chi connectivity index (χ0) is 11.6. The summed E-state index contributed by atoms with van der Waals surface area (Å²) in [5.41, 5.74) is 8.84. The van der Waals surface area contributed by atoms with Crippen molar-refractivity contribution in [2.24, 2.45) is 5.73 Å². The van der Waals surface area contributed by atoms with Crippen LogP contribution in [0, 0.1) is 13.8 Å². The molecule has 1 aromatic rings. The molecule has 0 heterocycles. The van der Waals surface area contributed by atoms with Gasteiger partial charge in [0.1, 0.15) is 0 Å². The van der Waals surface area contributed by atoms with Crippen LogP contribution in [0.15, 0.2) is 16.6 Å². The Morgan fingerprint density at radius 1 is 1.33 bits per heavy atom. The second-order valence-corrected chi connectivity index (χ2v) is 5.14. The van der Waals surface area contributed by atoms with Crippen LogP contribution in [0.4, 0.5) is 0 Å². The minimum atomic E-state index is -0.337. The summed E-state index contributed by atoms with van der Waals surface area (Å²) >= 11 is 3.53. The monoisotopic (exact) mass is 271 g/mol. The normalized spacial score (nSPS) is 15.1. The van der Waals surface area contributed by atoms with E-state index in [1.807, 2.05) is 6.92 Å². The van der Waals surface area contributed by atoms with Gasteiger partial charge in [-0.3, -0.25) is 0 Å². The molecule has 0 aromatic heterocycles. The quantitative estimate of drug-likeness (QED) is 0.886. The third kappa shape index (κ3) is 2.41. The van der Waals surface area contributed by atoms with E-state index in [4.69, 9.17) is 5.73 Å². The van der Waals surface area contributed by atoms with Gasteiger partial charge >= 0.3 is 0 Å². The van der Waals surface area contributed by atoms with E-state index >= 15 is 0 Å². The Bertz CT molecular complexity index is 336. The van der Waals surface area contributed by atoms with Crippen molar-refractivity contribution in [3.8, 4) is 0 Å². The molecule has 0 saturated heterocycles. The molecule has 15 heavy (non-hydrogen) atoms. The first-order valence-corrected chi connectivity index (χ1v) is 5.82. The average Bonchev–Trinajstić information content (AvgIpc) is 2.24. The van der Waals surface area contributed by atoms with Crippen LogP contribution < -0.4 is 5.73 Å². The smallest absolute Gasteiger partial charge is 0.0537 e. The van der Waals surface area contributed by atoms with Crippen molar-refractivity contribution in [2.75, 3.05) is 13.2 Å². The summed E-state index contributed by atoms with van der Waals surface area (Å²) in [6, 6.07) is 4.17. The third-order valence-corrected chi connectivity index (χ3v) is 4.18. The Balaban J connectivity index is 3.27. The Hall–Kier alpha value is -0.380. The van der Waals surface area contributed by atoms with Crippen molar-refractivity contribution in [3.63, 3.8) is 0 Å². The first-order valence-electron chi connectivity index (χ1n) is 5.03. The number of benzene rings is 1. The SMILES string of the molecule is Cc1cc(C(C)(CN)CO)cc(C)c1Br. The lowest BCUT2D eigenvalue weighted by Gasteiger charge is -2.27. The topological polar surface area (TPSA) is 46.2 Å². The molecule has 0 aliphatic heterocycles. The van der Waals surface area contributed by atoms with Gasteiger partial charge in [-0.25, -0.2) is 0 Å². The van der Waals surface area contributed by atoms with Crippen molar-refractivity contribution in [1.29, 1.82) is 0 Å². The van der Waals surface area contributed by atoms with Crippen LogP contribution in [0.1, 0.15) is 23.6 Å². The summed E-state index contributed by atoms with van der Waals surface area (Å²) < 4.78 is 1.13. The molecule has 1 atom stereocenters. The van der Waals surface area contributed by atoms with Gasteiger partial charge < -0.3 is 10.8 Å². The van der Waals surface area contributed by atoms with Gasteiger partial charge in [0, 0.05) is 16.4 Å². The zero-order valence-corrected chi connectivity index (χ0v) is 11.1. The summed E-state index contributed by atoms with van der Waals surface area (Å²) in [7, 11) is 0. The van der Waals surface area contributed by atoms with E-state index < -0.39 is 0 Å². The lowest BCUT2D eigenvalue weighted by Crippen LogP contribution is -2.35. The van der Waals surface area contributed by atoms with E-state index in [0.29, 0.717) is 6.54 Å². The van der Waals surface area contributed by atoms with Gasteiger partial charge in [0.15, 0.2) is 0 Å². The van der Waals surface area contributed by atoms with E-state index in [0.717, 1.165) is 10.0 Å². The van der Waals surface area contributed by atoms with Crippen LogP contribution in [0.2, 0.25) is 0 Å². The summed E-state index contributed by atoms with van der Waals surface area (Å²) in [6.45, 7) is 6.60. The highest BCUT2D eigenvalue weighted by molar-refractivity contribution is 9.10. The van der Waals surface area contributed by atoms with Crippen LogP contribution in [0.5, 0.6) is 0 Å². The maximum Gasteiger partial charge on any atom is 0.0537 e. The van der Waals surface area contributed by atoms with Gasteiger partial charge in [0.2, 0.25) is 0 Å². The largest absolute Gasteiger partial charge is 0.395 e. The maximum atomic E-state index is 9.40. The molecule has 0 radical (unpaired) electrons. The molecule has 3 N–H and O–H groups in total. The maximum absolute atomic E-state index is 9.40. The first-order chi connectivity index (χ1) is 6.94. The van der Waals surface area contributed by atoms with E-state index in [1.54, 1.807) is 0 Å². The summed E-state index contributed by atoms with van der Waals surface area (Å²) in [6.07, 6.45) is 0. The molecule has 0 bridgehead atoms. The fourth-order valence-electron chi connectivity index (χ4n) is 1.57. The molecule has 0 aliphatic carbocycles. The minimum absolute atomic E-state index is 0.0734. The number of halogens is 1. The predicted octanol–water partition coefficient (Wildman–Crippen LogP) is 2.27. The Kier molecular flexibility index (Phi) is 3.93. The number of hydrogen-bond acceptors (Lipinski definition) is 2. The molecule has 2 nitrogen and oxygen atoms in total. The first kappa shape index (κ1) is 12.7. The summed E-state index contributed by atoms with van der Waals surface area (Å²) in [5.74, 6) is 0. The third-order valence-electron chi connectivity index (χ3n) is 2.93. The molecule has 0 aliphatic rings. The lowest BCUT2D eigenvalue weighted by molar-refractivity contribution is 0.210. The molecule has 0 saturated carbocycles. The highest BCUT2D eigenvalue weighted by atomic mass is 79.9. The van der Waals surface area contributed by atoms with Crippen LogP contribution in [0.25, 0.3) is 0 Å². The standard InChI is InChI=1S/C12H18BrNO/c1-8-4-10(5-9(2)11(8)13)12(3,6-14)7-15/h4-5,15H,6-7,14H2,1-3H3. The van der Waals surface area contributed by atoms with Crippen molar-refractivity contribution in [1.82, 2.24) is 0 Å². The van der Waals surface area contributed by atoms with E-state index in [-0.39, 0.29) is 12.0 Å². The zero-order valence-electron chi connectivity index (χ0n) is 9.47. The Labute approximate surface area is 99.6 Å². The number of aliphatic hydroxyl groups is 1. The number of aryl methyl sites for hydroxylation is 2. The van der Waals surface area contributed by atoms with Crippen LogP contribution in [-0.4, -0.2) is 18.3 Å². The van der Waals surface area contributed by atoms with Crippen LogP contribution in [0.3, 0.4) is 0 Å². The van der Waals surface area contributed by atoms with Gasteiger partial charge in [-0.1, -0.05) is 35.0 Å². The van der Waals surface area contributed by atoms with Gasteiger partial charge in [0.25, 0.3) is 0 Å². The molecule has 1 unspecified atom stereocenters. The highest BCUT2D eigenvalue weighted by Gasteiger charge is 2.24. The minimum Gasteiger partial charge on any atom is -0.395 e. The molecular formula is C12H18BrNO. The van der Waals surface area contributed by atoms with Gasteiger partial charge in [-0.2, -0.15) is 0 Å². The summed E-state index contributed by atoms with van der Waals surface area (Å²) in [4.78, 5) is 0. The van der Waals surface area contributed by atoms with Crippen LogP contribution in [-0.2, 0) is 5.41 Å². The fraction of sp³-hybridized carbons (Fsp3) is 0.500. The second kappa shape index (κ2) is 4.64. The van der Waals surface area contributed by atoms with Gasteiger partial charge in [-0.15, -0.1) is 0 Å². The van der Waals surface area contributed by atoms with E-state index in [9.17, 15) is 5.11 Å². The predicted molar refractivity (Wildman–Crippen MR) is 67.1 cm³/mol. The van der Waals surface area contributed by atoms with Crippen molar-refractivity contribution in [3.05, 3.63) is 33.3 Å². The Morgan fingerprint density at radius 2 is 1.80 bits per heavy atom. The molecule has 1 rings (SSSR count). The molecule has 0 spiro atoms. The van der Waals surface area contributed by atoms with Crippen LogP contribution >= 0.6 is 15.9 Å². The number of nitrogens with two attached hydrogens (primary N) is 1. The number of hydrogen-bond donors (Lipinski definition) is 2. The molecule has 84 valence electrons. The Morgan fingerprint density at radius 3 is 2.13 bits per heavy atom. The van der Waals surface area contributed by atoms with Crippen molar-refractivity contribution in [2.45, 2.75) is 26.2 Å².